The van der Waals surface area contributed by atoms with Crippen LogP contribution in [0.1, 0.15) is 20.9 Å². The highest BCUT2D eigenvalue weighted by molar-refractivity contribution is 6.17. The Morgan fingerprint density at radius 1 is 0.727 bits per heavy atom. The van der Waals surface area contributed by atoms with Crippen molar-refractivity contribution in [2.75, 3.05) is 32.0 Å². The first-order valence-electron chi connectivity index (χ1n) is 10.0. The molecule has 0 aliphatic carbocycles. The van der Waals surface area contributed by atoms with Gasteiger partial charge in [-0.1, -0.05) is 24.3 Å². The highest BCUT2D eigenvalue weighted by atomic mass is 16.5. The lowest BCUT2D eigenvalue weighted by atomic mass is 10.1. The number of para-hydroxylation sites is 3. The smallest absolute Gasteiger partial charge is 0.293 e. The van der Waals surface area contributed by atoms with E-state index < -0.39 is 11.8 Å². The molecule has 0 aliphatic heterocycles. The maximum atomic E-state index is 13.1. The summed E-state index contributed by atoms with van der Waals surface area (Å²) < 4.78 is 21.6. The SMILES string of the molecule is COc1ccccc1NC(=O)c1oc2ccccc2c1NC(=O)c1ccc(OC)c(OC)c1. The lowest BCUT2D eigenvalue weighted by molar-refractivity contribution is 0.0999. The van der Waals surface area contributed by atoms with Gasteiger partial charge in [-0.15, -0.1) is 0 Å². The third kappa shape index (κ3) is 4.31. The molecule has 0 radical (unpaired) electrons. The van der Waals surface area contributed by atoms with Crippen molar-refractivity contribution < 1.29 is 28.2 Å². The Labute approximate surface area is 190 Å². The van der Waals surface area contributed by atoms with Crippen molar-refractivity contribution in [1.29, 1.82) is 0 Å². The maximum absolute atomic E-state index is 13.1. The molecule has 0 spiro atoms. The summed E-state index contributed by atoms with van der Waals surface area (Å²) in [6.45, 7) is 0. The fourth-order valence-electron chi connectivity index (χ4n) is 3.42. The van der Waals surface area contributed by atoms with Gasteiger partial charge < -0.3 is 29.3 Å². The van der Waals surface area contributed by atoms with E-state index in [2.05, 4.69) is 10.6 Å². The van der Waals surface area contributed by atoms with E-state index in [9.17, 15) is 9.59 Å². The molecule has 3 aromatic carbocycles. The van der Waals surface area contributed by atoms with Crippen LogP contribution in [0.3, 0.4) is 0 Å². The predicted molar refractivity (Wildman–Crippen MR) is 125 cm³/mol. The molecular formula is C25H22N2O6. The average molecular weight is 446 g/mol. The maximum Gasteiger partial charge on any atom is 0.293 e. The van der Waals surface area contributed by atoms with Gasteiger partial charge in [-0.2, -0.15) is 0 Å². The van der Waals surface area contributed by atoms with Crippen LogP contribution in [0.2, 0.25) is 0 Å². The Hall–Kier alpha value is -4.46. The number of ether oxygens (including phenoxy) is 3. The summed E-state index contributed by atoms with van der Waals surface area (Å²) >= 11 is 0. The molecule has 0 saturated heterocycles. The van der Waals surface area contributed by atoms with Crippen molar-refractivity contribution in [3.63, 3.8) is 0 Å². The molecular weight excluding hydrogens is 424 g/mol. The third-order valence-corrected chi connectivity index (χ3v) is 5.04. The number of furan rings is 1. The van der Waals surface area contributed by atoms with Gasteiger partial charge in [-0.05, 0) is 42.5 Å². The fourth-order valence-corrected chi connectivity index (χ4v) is 3.42. The molecule has 2 amide bonds. The lowest BCUT2D eigenvalue weighted by Gasteiger charge is -2.11. The molecule has 4 rings (SSSR count). The fraction of sp³-hybridized carbons (Fsp3) is 0.120. The van der Waals surface area contributed by atoms with Crippen LogP contribution >= 0.6 is 0 Å². The number of rotatable bonds is 7. The van der Waals surface area contributed by atoms with Crippen molar-refractivity contribution in [3.8, 4) is 17.2 Å². The lowest BCUT2D eigenvalue weighted by Crippen LogP contribution is -2.17. The Balaban J connectivity index is 1.69. The van der Waals surface area contributed by atoms with Gasteiger partial charge in [0, 0.05) is 10.9 Å². The van der Waals surface area contributed by atoms with E-state index in [4.69, 9.17) is 18.6 Å². The zero-order chi connectivity index (χ0) is 23.4. The van der Waals surface area contributed by atoms with E-state index in [0.29, 0.717) is 39.5 Å². The van der Waals surface area contributed by atoms with Crippen molar-refractivity contribution in [2.24, 2.45) is 0 Å². The quantitative estimate of drug-likeness (QED) is 0.416. The Morgan fingerprint density at radius 2 is 1.42 bits per heavy atom. The second-order valence-electron chi connectivity index (χ2n) is 6.98. The second kappa shape index (κ2) is 9.35. The normalized spacial score (nSPS) is 10.5. The van der Waals surface area contributed by atoms with Crippen LogP contribution in [0, 0.1) is 0 Å². The summed E-state index contributed by atoms with van der Waals surface area (Å²) in [7, 11) is 4.52. The van der Waals surface area contributed by atoms with Gasteiger partial charge in [0.05, 0.1) is 27.0 Å². The molecule has 0 saturated carbocycles. The number of methoxy groups -OCH3 is 3. The second-order valence-corrected chi connectivity index (χ2v) is 6.98. The Morgan fingerprint density at radius 3 is 2.18 bits per heavy atom. The summed E-state index contributed by atoms with van der Waals surface area (Å²) in [5.74, 6) is 0.414. The van der Waals surface area contributed by atoms with Crippen molar-refractivity contribution in [1.82, 2.24) is 0 Å². The molecule has 4 aromatic rings. The number of anilines is 2. The number of hydrogen-bond acceptors (Lipinski definition) is 6. The Kier molecular flexibility index (Phi) is 6.17. The number of benzene rings is 3. The summed E-state index contributed by atoms with van der Waals surface area (Å²) in [6.07, 6.45) is 0. The van der Waals surface area contributed by atoms with Crippen molar-refractivity contribution in [3.05, 3.63) is 78.1 Å². The largest absolute Gasteiger partial charge is 0.495 e. The average Bonchev–Trinajstić information content (AvgIpc) is 3.22. The number of carbonyl (C=O) groups is 2. The van der Waals surface area contributed by atoms with Gasteiger partial charge in [0.25, 0.3) is 11.8 Å². The zero-order valence-corrected chi connectivity index (χ0v) is 18.3. The van der Waals surface area contributed by atoms with Crippen molar-refractivity contribution >= 4 is 34.2 Å². The molecule has 1 heterocycles. The molecule has 2 N–H and O–H groups in total. The van der Waals surface area contributed by atoms with Crippen LogP contribution < -0.4 is 24.8 Å². The van der Waals surface area contributed by atoms with Crippen LogP contribution in [0.25, 0.3) is 11.0 Å². The summed E-state index contributed by atoms with van der Waals surface area (Å²) in [5.41, 5.74) is 1.53. The van der Waals surface area contributed by atoms with Gasteiger partial charge >= 0.3 is 0 Å². The van der Waals surface area contributed by atoms with Gasteiger partial charge in [-0.3, -0.25) is 9.59 Å². The predicted octanol–water partition coefficient (Wildman–Crippen LogP) is 4.96. The van der Waals surface area contributed by atoms with Gasteiger partial charge in [-0.25, -0.2) is 0 Å². The van der Waals surface area contributed by atoms with Crippen LogP contribution in [-0.4, -0.2) is 33.1 Å². The van der Waals surface area contributed by atoms with E-state index in [0.717, 1.165) is 0 Å². The first-order chi connectivity index (χ1) is 16.0. The van der Waals surface area contributed by atoms with E-state index in [1.807, 2.05) is 0 Å². The van der Waals surface area contributed by atoms with E-state index in [-0.39, 0.29) is 11.4 Å². The summed E-state index contributed by atoms with van der Waals surface area (Å²) in [6, 6.07) is 18.9. The molecule has 0 unspecified atom stereocenters. The molecule has 1 aromatic heterocycles. The minimum atomic E-state index is -0.529. The highest BCUT2D eigenvalue weighted by Gasteiger charge is 2.24. The monoisotopic (exact) mass is 446 g/mol. The molecule has 8 nitrogen and oxygen atoms in total. The molecule has 0 atom stereocenters. The number of nitrogens with one attached hydrogen (secondary N) is 2. The molecule has 0 bridgehead atoms. The molecule has 8 heteroatoms. The van der Waals surface area contributed by atoms with Crippen LogP contribution in [0.4, 0.5) is 11.4 Å². The summed E-state index contributed by atoms with van der Waals surface area (Å²) in [4.78, 5) is 26.2. The molecule has 168 valence electrons. The van der Waals surface area contributed by atoms with Gasteiger partial charge in [0.2, 0.25) is 5.76 Å². The van der Waals surface area contributed by atoms with Crippen molar-refractivity contribution in [2.45, 2.75) is 0 Å². The first kappa shape index (κ1) is 21.8. The van der Waals surface area contributed by atoms with E-state index in [1.165, 1.54) is 21.3 Å². The number of hydrogen-bond donors (Lipinski definition) is 2. The molecule has 33 heavy (non-hydrogen) atoms. The minimum Gasteiger partial charge on any atom is -0.495 e. The summed E-state index contributed by atoms with van der Waals surface area (Å²) in [5, 5.41) is 6.19. The van der Waals surface area contributed by atoms with Gasteiger partial charge in [0.15, 0.2) is 11.5 Å². The number of fused-ring (bicyclic) bond motifs is 1. The van der Waals surface area contributed by atoms with Crippen LogP contribution in [0.15, 0.2) is 71.1 Å². The van der Waals surface area contributed by atoms with E-state index in [1.54, 1.807) is 66.7 Å². The first-order valence-corrected chi connectivity index (χ1v) is 10.0. The minimum absolute atomic E-state index is 0.0315. The highest BCUT2D eigenvalue weighted by Crippen LogP contribution is 2.34. The van der Waals surface area contributed by atoms with Crippen LogP contribution in [0.5, 0.6) is 17.2 Å². The molecule has 0 fully saturated rings. The number of amides is 2. The topological polar surface area (TPSA) is 99.0 Å². The standard InChI is InChI=1S/C25H22N2O6/c1-30-19-11-7-5-9-17(19)26-25(29)23-22(16-8-4-6-10-18(16)33-23)27-24(28)15-12-13-20(31-2)21(14-15)32-3/h4-14H,1-3H3,(H,26,29)(H,27,28). The zero-order valence-electron chi connectivity index (χ0n) is 18.3. The van der Waals surface area contributed by atoms with Gasteiger partial charge in [0.1, 0.15) is 17.0 Å². The third-order valence-electron chi connectivity index (χ3n) is 5.04. The molecule has 0 aliphatic rings. The van der Waals surface area contributed by atoms with E-state index >= 15 is 0 Å². The number of carbonyl (C=O) groups excluding carboxylic acids is 2. The Bertz CT molecular complexity index is 1330. The van der Waals surface area contributed by atoms with Crippen LogP contribution in [-0.2, 0) is 0 Å².